The van der Waals surface area contributed by atoms with E-state index in [1.807, 2.05) is 6.92 Å². The summed E-state index contributed by atoms with van der Waals surface area (Å²) in [5.74, 6) is 0.416. The molecule has 6 heteroatoms. The Morgan fingerprint density at radius 3 is 2.62 bits per heavy atom. The normalized spacial score (nSPS) is 24.4. The smallest absolute Gasteiger partial charge is 0.240 e. The van der Waals surface area contributed by atoms with E-state index in [4.69, 9.17) is 17.3 Å². The van der Waals surface area contributed by atoms with Crippen LogP contribution >= 0.6 is 11.6 Å². The fraction of sp³-hybridized carbons (Fsp3) is 0.400. The lowest BCUT2D eigenvalue weighted by molar-refractivity contribution is 0.578. The van der Waals surface area contributed by atoms with Crippen LogP contribution in [-0.2, 0) is 10.0 Å². The van der Waals surface area contributed by atoms with Crippen LogP contribution in [0.2, 0.25) is 5.02 Å². The molecule has 4 nitrogen and oxygen atoms in total. The molecule has 0 spiro atoms. The zero-order chi connectivity index (χ0) is 11.9. The van der Waals surface area contributed by atoms with Crippen molar-refractivity contribution in [3.8, 4) is 0 Å². The van der Waals surface area contributed by atoms with Crippen molar-refractivity contribution in [2.75, 3.05) is 5.73 Å². The van der Waals surface area contributed by atoms with E-state index in [1.54, 1.807) is 0 Å². The number of benzene rings is 1. The third-order valence-electron chi connectivity index (χ3n) is 2.70. The molecule has 0 radical (unpaired) electrons. The molecule has 1 fully saturated rings. The van der Waals surface area contributed by atoms with Gasteiger partial charge in [-0.1, -0.05) is 18.5 Å². The molecular formula is C10H13ClN2O2S. The molecule has 0 saturated heterocycles. The van der Waals surface area contributed by atoms with E-state index >= 15 is 0 Å². The van der Waals surface area contributed by atoms with Crippen molar-refractivity contribution in [2.24, 2.45) is 5.92 Å². The molecule has 3 N–H and O–H groups in total. The van der Waals surface area contributed by atoms with Gasteiger partial charge in [-0.2, -0.15) is 0 Å². The third kappa shape index (κ3) is 2.31. The lowest BCUT2D eigenvalue weighted by Crippen LogP contribution is -2.26. The fourth-order valence-electron chi connectivity index (χ4n) is 1.43. The Morgan fingerprint density at radius 1 is 1.50 bits per heavy atom. The number of nitrogens with two attached hydrogens (primary N) is 1. The number of nitrogen functional groups attached to an aromatic ring is 1. The topological polar surface area (TPSA) is 72.2 Å². The molecule has 2 atom stereocenters. The Balaban J connectivity index is 2.25. The first-order valence-electron chi connectivity index (χ1n) is 4.97. The van der Waals surface area contributed by atoms with Gasteiger partial charge in [0, 0.05) is 6.04 Å². The molecule has 0 amide bonds. The number of nitrogens with one attached hydrogen (secondary N) is 1. The number of anilines is 1. The van der Waals surface area contributed by atoms with E-state index < -0.39 is 10.0 Å². The van der Waals surface area contributed by atoms with Crippen LogP contribution in [-0.4, -0.2) is 14.5 Å². The molecular weight excluding hydrogens is 248 g/mol. The molecule has 0 aromatic heterocycles. The average molecular weight is 261 g/mol. The summed E-state index contributed by atoms with van der Waals surface area (Å²) < 4.78 is 26.4. The maximum absolute atomic E-state index is 11.9. The Hall–Kier alpha value is -0.780. The van der Waals surface area contributed by atoms with Gasteiger partial charge < -0.3 is 5.73 Å². The highest BCUT2D eigenvalue weighted by Crippen LogP contribution is 2.31. The summed E-state index contributed by atoms with van der Waals surface area (Å²) in [6.07, 6.45) is 0.891. The molecule has 88 valence electrons. The monoisotopic (exact) mass is 260 g/mol. The first-order chi connectivity index (χ1) is 7.40. The largest absolute Gasteiger partial charge is 0.398 e. The van der Waals surface area contributed by atoms with Crippen molar-refractivity contribution < 1.29 is 8.42 Å². The highest BCUT2D eigenvalue weighted by molar-refractivity contribution is 7.89. The standard InChI is InChI=1S/C10H13ClN2O2S/c1-6-4-10(6)13-16(14,15)7-2-3-9(12)8(11)5-7/h2-3,5-6,10,13H,4,12H2,1H3. The van der Waals surface area contributed by atoms with Crippen LogP contribution in [0.15, 0.2) is 23.1 Å². The number of rotatable bonds is 3. The molecule has 1 aromatic rings. The second-order valence-corrected chi connectivity index (χ2v) is 6.25. The Labute approximate surface area is 99.8 Å². The number of halogens is 1. The second kappa shape index (κ2) is 3.91. The predicted octanol–water partition coefficient (Wildman–Crippen LogP) is 1.61. The summed E-state index contributed by atoms with van der Waals surface area (Å²) in [5.41, 5.74) is 5.90. The Morgan fingerprint density at radius 2 is 2.12 bits per heavy atom. The van der Waals surface area contributed by atoms with Gasteiger partial charge in [-0.3, -0.25) is 0 Å². The maximum Gasteiger partial charge on any atom is 0.240 e. The van der Waals surface area contributed by atoms with Crippen LogP contribution in [0.25, 0.3) is 0 Å². The van der Waals surface area contributed by atoms with Gasteiger partial charge in [0.1, 0.15) is 0 Å². The van der Waals surface area contributed by atoms with E-state index in [0.29, 0.717) is 11.6 Å². The molecule has 1 aromatic carbocycles. The van der Waals surface area contributed by atoms with Crippen molar-refractivity contribution >= 4 is 27.3 Å². The molecule has 0 aliphatic heterocycles. The minimum atomic E-state index is -3.46. The highest BCUT2D eigenvalue weighted by atomic mass is 35.5. The van der Waals surface area contributed by atoms with Gasteiger partial charge in [0.15, 0.2) is 0 Å². The van der Waals surface area contributed by atoms with E-state index in [1.165, 1.54) is 18.2 Å². The summed E-state index contributed by atoms with van der Waals surface area (Å²) in [7, 11) is -3.46. The predicted molar refractivity (Wildman–Crippen MR) is 63.8 cm³/mol. The van der Waals surface area contributed by atoms with Crippen LogP contribution in [0.1, 0.15) is 13.3 Å². The van der Waals surface area contributed by atoms with Gasteiger partial charge in [-0.05, 0) is 30.5 Å². The third-order valence-corrected chi connectivity index (χ3v) is 4.51. The fourth-order valence-corrected chi connectivity index (χ4v) is 3.06. The minimum absolute atomic E-state index is 0.0568. The van der Waals surface area contributed by atoms with Crippen LogP contribution in [0.5, 0.6) is 0 Å². The zero-order valence-electron chi connectivity index (χ0n) is 8.77. The van der Waals surface area contributed by atoms with Crippen molar-refractivity contribution in [3.63, 3.8) is 0 Å². The van der Waals surface area contributed by atoms with Gasteiger partial charge in [0.25, 0.3) is 0 Å². The maximum atomic E-state index is 11.9. The summed E-state index contributed by atoms with van der Waals surface area (Å²) in [5, 5.41) is 0.256. The molecule has 0 heterocycles. The van der Waals surface area contributed by atoms with E-state index in [9.17, 15) is 8.42 Å². The van der Waals surface area contributed by atoms with E-state index in [2.05, 4.69) is 4.72 Å². The van der Waals surface area contributed by atoms with E-state index in [-0.39, 0.29) is 16.0 Å². The molecule has 1 aliphatic rings. The molecule has 1 aliphatic carbocycles. The van der Waals surface area contributed by atoms with Crippen LogP contribution in [0, 0.1) is 5.92 Å². The molecule has 2 rings (SSSR count). The summed E-state index contributed by atoms with van der Waals surface area (Å²) >= 11 is 5.78. The number of hydrogen-bond donors (Lipinski definition) is 2. The van der Waals surface area contributed by atoms with Crippen molar-refractivity contribution in [2.45, 2.75) is 24.3 Å². The second-order valence-electron chi connectivity index (χ2n) is 4.12. The quantitative estimate of drug-likeness (QED) is 0.811. The molecule has 1 saturated carbocycles. The lowest BCUT2D eigenvalue weighted by Gasteiger charge is -2.07. The SMILES string of the molecule is CC1CC1NS(=O)(=O)c1ccc(N)c(Cl)c1. The first-order valence-corrected chi connectivity index (χ1v) is 6.83. The van der Waals surface area contributed by atoms with Crippen molar-refractivity contribution in [3.05, 3.63) is 23.2 Å². The van der Waals surface area contributed by atoms with Gasteiger partial charge in [-0.25, -0.2) is 13.1 Å². The average Bonchev–Trinajstić information content (AvgIpc) is 2.85. The molecule has 0 bridgehead atoms. The van der Waals surface area contributed by atoms with Gasteiger partial charge in [0.05, 0.1) is 15.6 Å². The van der Waals surface area contributed by atoms with Crippen LogP contribution < -0.4 is 10.5 Å². The summed E-state index contributed by atoms with van der Waals surface area (Å²) in [6.45, 7) is 2.00. The zero-order valence-corrected chi connectivity index (χ0v) is 10.3. The van der Waals surface area contributed by atoms with Crippen LogP contribution in [0.3, 0.4) is 0 Å². The molecule has 2 unspecified atom stereocenters. The first kappa shape index (κ1) is 11.7. The van der Waals surface area contributed by atoms with Crippen molar-refractivity contribution in [1.29, 1.82) is 0 Å². The Kier molecular flexibility index (Phi) is 2.86. The van der Waals surface area contributed by atoms with Crippen LogP contribution in [0.4, 0.5) is 5.69 Å². The summed E-state index contributed by atoms with van der Waals surface area (Å²) in [4.78, 5) is 0.158. The highest BCUT2D eigenvalue weighted by Gasteiger charge is 2.36. The van der Waals surface area contributed by atoms with E-state index in [0.717, 1.165) is 6.42 Å². The van der Waals surface area contributed by atoms with Gasteiger partial charge in [0.2, 0.25) is 10.0 Å². The van der Waals surface area contributed by atoms with Gasteiger partial charge >= 0.3 is 0 Å². The number of hydrogen-bond acceptors (Lipinski definition) is 3. The summed E-state index contributed by atoms with van der Waals surface area (Å²) in [6, 6.07) is 4.37. The Bertz CT molecular complexity index is 516. The van der Waals surface area contributed by atoms with Gasteiger partial charge in [-0.15, -0.1) is 0 Å². The molecule has 16 heavy (non-hydrogen) atoms. The minimum Gasteiger partial charge on any atom is -0.398 e. The van der Waals surface area contributed by atoms with Crippen molar-refractivity contribution in [1.82, 2.24) is 4.72 Å². The number of sulfonamides is 1. The lowest BCUT2D eigenvalue weighted by atomic mass is 10.3.